The second-order valence-corrected chi connectivity index (χ2v) is 2.37. The van der Waals surface area contributed by atoms with E-state index >= 15 is 0 Å². The Morgan fingerprint density at radius 1 is 1.64 bits per heavy atom. The maximum atomic E-state index is 12.3. The van der Waals surface area contributed by atoms with E-state index < -0.39 is 0 Å². The van der Waals surface area contributed by atoms with Gasteiger partial charge in [-0.2, -0.15) is 0 Å². The summed E-state index contributed by atoms with van der Waals surface area (Å²) in [6.45, 7) is 3.66. The van der Waals surface area contributed by atoms with Crippen LogP contribution in [0.4, 0.5) is 4.39 Å². The Balaban J connectivity index is 2.90. The molecule has 3 heteroatoms. The third-order valence-electron chi connectivity index (χ3n) is 1.25. The third kappa shape index (κ3) is 2.02. The van der Waals surface area contributed by atoms with Crippen LogP contribution in [0.5, 0.6) is 0 Å². The van der Waals surface area contributed by atoms with Crippen LogP contribution in [0.2, 0.25) is 0 Å². The van der Waals surface area contributed by atoms with Crippen LogP contribution in [0.15, 0.2) is 24.9 Å². The fourth-order valence-corrected chi connectivity index (χ4v) is 0.790. The van der Waals surface area contributed by atoms with E-state index in [1.54, 1.807) is 6.07 Å². The fraction of sp³-hybridized carbons (Fsp3) is 0.125. The molecule has 0 radical (unpaired) electrons. The van der Waals surface area contributed by atoms with Crippen molar-refractivity contribution in [3.05, 3.63) is 36.4 Å². The summed E-state index contributed by atoms with van der Waals surface area (Å²) in [7, 11) is 0. The average Bonchev–Trinajstić information content (AvgIpc) is 2.05. The van der Waals surface area contributed by atoms with Gasteiger partial charge in [0.1, 0.15) is 5.82 Å². The minimum absolute atomic E-state index is 0.318. The lowest BCUT2D eigenvalue weighted by atomic mass is 10.2. The van der Waals surface area contributed by atoms with Gasteiger partial charge in [-0.15, -0.1) is 11.6 Å². The number of halogens is 2. The SMILES string of the molecule is C=C(CCl)c1ccc(F)cn1. The Bertz CT molecular complexity index is 255. The molecule has 0 saturated carbocycles. The van der Waals surface area contributed by atoms with Crippen LogP contribution in [-0.4, -0.2) is 10.9 Å². The molecular formula is C8H7ClFN. The molecule has 1 aromatic heterocycles. The first kappa shape index (κ1) is 8.21. The molecule has 1 heterocycles. The zero-order valence-electron chi connectivity index (χ0n) is 5.85. The molecule has 0 aliphatic carbocycles. The molecule has 0 fully saturated rings. The van der Waals surface area contributed by atoms with Crippen molar-refractivity contribution in [2.75, 3.05) is 5.88 Å². The Morgan fingerprint density at radius 2 is 2.36 bits per heavy atom. The van der Waals surface area contributed by atoms with Crippen LogP contribution in [0.3, 0.4) is 0 Å². The van der Waals surface area contributed by atoms with Crippen molar-refractivity contribution in [2.24, 2.45) is 0 Å². The maximum absolute atomic E-state index is 12.3. The molecule has 0 atom stereocenters. The smallest absolute Gasteiger partial charge is 0.141 e. The summed E-state index contributed by atoms with van der Waals surface area (Å²) in [6.07, 6.45) is 1.15. The highest BCUT2D eigenvalue weighted by molar-refractivity contribution is 6.22. The minimum Gasteiger partial charge on any atom is -0.254 e. The van der Waals surface area contributed by atoms with E-state index in [0.29, 0.717) is 17.1 Å². The summed E-state index contributed by atoms with van der Waals surface area (Å²) in [5.41, 5.74) is 1.34. The van der Waals surface area contributed by atoms with Crippen molar-refractivity contribution in [2.45, 2.75) is 0 Å². The molecule has 0 saturated heterocycles. The van der Waals surface area contributed by atoms with Crippen LogP contribution >= 0.6 is 11.6 Å². The minimum atomic E-state index is -0.351. The number of pyridine rings is 1. The first-order valence-electron chi connectivity index (χ1n) is 3.09. The highest BCUT2D eigenvalue weighted by Gasteiger charge is 1.97. The number of nitrogens with zero attached hydrogens (tertiary/aromatic N) is 1. The van der Waals surface area contributed by atoms with Crippen molar-refractivity contribution in [3.63, 3.8) is 0 Å². The van der Waals surface area contributed by atoms with Crippen molar-refractivity contribution in [1.29, 1.82) is 0 Å². The highest BCUT2D eigenvalue weighted by atomic mass is 35.5. The maximum Gasteiger partial charge on any atom is 0.141 e. The molecule has 0 aliphatic heterocycles. The molecule has 0 unspecified atom stereocenters. The normalized spacial score (nSPS) is 9.64. The van der Waals surface area contributed by atoms with Gasteiger partial charge in [-0.3, -0.25) is 4.98 Å². The van der Waals surface area contributed by atoms with E-state index in [4.69, 9.17) is 11.6 Å². The van der Waals surface area contributed by atoms with E-state index in [0.717, 1.165) is 6.20 Å². The molecule has 1 rings (SSSR count). The number of allylic oxidation sites excluding steroid dienone is 1. The molecule has 0 bridgehead atoms. The second kappa shape index (κ2) is 3.49. The van der Waals surface area contributed by atoms with Crippen LogP contribution in [0.25, 0.3) is 5.57 Å². The number of rotatable bonds is 2. The fourth-order valence-electron chi connectivity index (χ4n) is 0.653. The lowest BCUT2D eigenvalue weighted by molar-refractivity contribution is 0.621. The summed E-state index contributed by atoms with van der Waals surface area (Å²) in [4.78, 5) is 3.79. The molecule has 0 aromatic carbocycles. The van der Waals surface area contributed by atoms with Crippen LogP contribution < -0.4 is 0 Å². The van der Waals surface area contributed by atoms with Gasteiger partial charge in [0, 0.05) is 5.88 Å². The zero-order chi connectivity index (χ0) is 8.27. The lowest BCUT2D eigenvalue weighted by Gasteiger charge is -1.98. The molecule has 58 valence electrons. The van der Waals surface area contributed by atoms with E-state index in [1.807, 2.05) is 0 Å². The average molecular weight is 172 g/mol. The van der Waals surface area contributed by atoms with Gasteiger partial charge < -0.3 is 0 Å². The summed E-state index contributed by atoms with van der Waals surface area (Å²) in [5.74, 6) is -0.0327. The summed E-state index contributed by atoms with van der Waals surface area (Å²) in [6, 6.07) is 2.89. The molecule has 0 spiro atoms. The van der Waals surface area contributed by atoms with Gasteiger partial charge in [0.15, 0.2) is 0 Å². The molecule has 11 heavy (non-hydrogen) atoms. The van der Waals surface area contributed by atoms with Crippen molar-refractivity contribution in [1.82, 2.24) is 4.98 Å². The number of alkyl halides is 1. The quantitative estimate of drug-likeness (QED) is 0.623. The molecule has 1 nitrogen and oxygen atoms in total. The predicted molar refractivity (Wildman–Crippen MR) is 43.9 cm³/mol. The topological polar surface area (TPSA) is 12.9 Å². The Hall–Kier alpha value is -0.890. The first-order valence-corrected chi connectivity index (χ1v) is 3.63. The molecule has 0 aliphatic rings. The summed E-state index contributed by atoms with van der Waals surface area (Å²) >= 11 is 5.49. The highest BCUT2D eigenvalue weighted by Crippen LogP contribution is 2.10. The monoisotopic (exact) mass is 171 g/mol. The van der Waals surface area contributed by atoms with Crippen molar-refractivity contribution < 1.29 is 4.39 Å². The number of hydrogen-bond donors (Lipinski definition) is 0. The molecular weight excluding hydrogens is 165 g/mol. The van der Waals surface area contributed by atoms with Crippen molar-refractivity contribution in [3.8, 4) is 0 Å². The third-order valence-corrected chi connectivity index (χ3v) is 1.57. The number of aromatic nitrogens is 1. The lowest BCUT2D eigenvalue weighted by Crippen LogP contribution is -1.88. The number of hydrogen-bond acceptors (Lipinski definition) is 1. The Kier molecular flexibility index (Phi) is 2.60. The molecule has 1 aromatic rings. The van der Waals surface area contributed by atoms with Gasteiger partial charge >= 0.3 is 0 Å². The van der Waals surface area contributed by atoms with Gasteiger partial charge in [0.2, 0.25) is 0 Å². The largest absolute Gasteiger partial charge is 0.254 e. The van der Waals surface area contributed by atoms with E-state index in [2.05, 4.69) is 11.6 Å². The summed E-state index contributed by atoms with van der Waals surface area (Å²) < 4.78 is 12.3. The van der Waals surface area contributed by atoms with E-state index in [9.17, 15) is 4.39 Å². The van der Waals surface area contributed by atoms with Crippen LogP contribution in [-0.2, 0) is 0 Å². The van der Waals surface area contributed by atoms with Gasteiger partial charge in [-0.1, -0.05) is 6.58 Å². The van der Waals surface area contributed by atoms with Gasteiger partial charge in [-0.25, -0.2) is 4.39 Å². The second-order valence-electron chi connectivity index (χ2n) is 2.10. The molecule has 0 amide bonds. The zero-order valence-corrected chi connectivity index (χ0v) is 6.61. The standard InChI is InChI=1S/C8H7ClFN/c1-6(4-9)8-3-2-7(10)5-11-8/h2-3,5H,1,4H2. The first-order chi connectivity index (χ1) is 5.24. The summed E-state index contributed by atoms with van der Waals surface area (Å²) in [5, 5.41) is 0. The van der Waals surface area contributed by atoms with Crippen molar-refractivity contribution >= 4 is 17.2 Å². The van der Waals surface area contributed by atoms with Gasteiger partial charge in [-0.05, 0) is 17.7 Å². The van der Waals surface area contributed by atoms with E-state index in [-0.39, 0.29) is 5.82 Å². The predicted octanol–water partition coefficient (Wildman–Crippen LogP) is 2.47. The van der Waals surface area contributed by atoms with Crippen LogP contribution in [0, 0.1) is 5.82 Å². The Morgan fingerprint density at radius 3 is 2.82 bits per heavy atom. The van der Waals surface area contributed by atoms with Gasteiger partial charge in [0.25, 0.3) is 0 Å². The van der Waals surface area contributed by atoms with E-state index in [1.165, 1.54) is 6.07 Å². The Labute approximate surface area is 69.5 Å². The van der Waals surface area contributed by atoms with Crippen LogP contribution in [0.1, 0.15) is 5.69 Å². The van der Waals surface area contributed by atoms with Gasteiger partial charge in [0.05, 0.1) is 11.9 Å². The molecule has 0 N–H and O–H groups in total.